The van der Waals surface area contributed by atoms with Gasteiger partial charge in [0.2, 0.25) is 0 Å². The summed E-state index contributed by atoms with van der Waals surface area (Å²) in [5.41, 5.74) is 2.41. The number of rotatable bonds is 11. The van der Waals surface area contributed by atoms with Gasteiger partial charge in [0, 0.05) is 48.5 Å². The van der Waals surface area contributed by atoms with Crippen LogP contribution in [0.5, 0.6) is 5.75 Å². The Kier molecular flexibility index (Phi) is 9.91. The van der Waals surface area contributed by atoms with Crippen molar-refractivity contribution in [3.8, 4) is 5.75 Å². The maximum absolute atomic E-state index is 12.2. The molecule has 0 aliphatic heterocycles. The first-order chi connectivity index (χ1) is 14.0. The molecule has 2 aromatic rings. The summed E-state index contributed by atoms with van der Waals surface area (Å²) < 4.78 is 5.65. The first-order valence-electron chi connectivity index (χ1n) is 9.44. The van der Waals surface area contributed by atoms with E-state index in [1.807, 2.05) is 62.6 Å². The molecule has 2 rings (SSSR count). The van der Waals surface area contributed by atoms with E-state index in [1.54, 1.807) is 0 Å². The highest BCUT2D eigenvalue weighted by Crippen LogP contribution is 2.19. The zero-order valence-corrected chi connectivity index (χ0v) is 18.3. The van der Waals surface area contributed by atoms with E-state index in [2.05, 4.69) is 20.4 Å². The zero-order valence-electron chi connectivity index (χ0n) is 16.8. The van der Waals surface area contributed by atoms with Crippen LogP contribution < -0.4 is 20.3 Å². The molecule has 0 aliphatic rings. The highest BCUT2D eigenvalue weighted by atomic mass is 35.5. The average molecular weight is 439 g/mol. The van der Waals surface area contributed by atoms with Crippen molar-refractivity contribution in [2.24, 2.45) is 0 Å². The van der Waals surface area contributed by atoms with Crippen molar-refractivity contribution in [2.45, 2.75) is 0 Å². The quantitative estimate of drug-likeness (QED) is 0.505. The van der Waals surface area contributed by atoms with Gasteiger partial charge in [-0.15, -0.1) is 23.2 Å². The Hall–Kier alpha value is -2.15. The second-order valence-electron chi connectivity index (χ2n) is 6.67. The summed E-state index contributed by atoms with van der Waals surface area (Å²) in [4.78, 5) is 16.4. The maximum Gasteiger partial charge on any atom is 0.323 e. The van der Waals surface area contributed by atoms with Crippen LogP contribution in [0.15, 0.2) is 48.5 Å². The molecule has 29 heavy (non-hydrogen) atoms. The fraction of sp³-hybridized carbons (Fsp3) is 0.381. The van der Waals surface area contributed by atoms with Gasteiger partial charge in [-0.25, -0.2) is 4.79 Å². The van der Waals surface area contributed by atoms with Crippen molar-refractivity contribution in [2.75, 3.05) is 67.6 Å². The van der Waals surface area contributed by atoms with Gasteiger partial charge in [-0.2, -0.15) is 0 Å². The highest BCUT2D eigenvalue weighted by Gasteiger charge is 2.07. The molecule has 0 heterocycles. The SMILES string of the molecule is CN(C)CCOc1ccc(NC(=O)Nc2ccc(N(CCCl)CCCl)cc2)cc1. The number of likely N-dealkylation sites (N-methyl/N-ethyl adjacent to an activating group) is 1. The largest absolute Gasteiger partial charge is 0.492 e. The molecule has 2 amide bonds. The van der Waals surface area contributed by atoms with Crippen LogP contribution in [0.4, 0.5) is 21.9 Å². The maximum atomic E-state index is 12.2. The van der Waals surface area contributed by atoms with Crippen LogP contribution in [0.3, 0.4) is 0 Å². The third-order valence-corrected chi connectivity index (χ3v) is 4.46. The first kappa shape index (κ1) is 23.1. The molecule has 0 bridgehead atoms. The highest BCUT2D eigenvalue weighted by molar-refractivity contribution is 6.18. The van der Waals surface area contributed by atoms with Crippen LogP contribution >= 0.6 is 23.2 Å². The van der Waals surface area contributed by atoms with Gasteiger partial charge in [-0.1, -0.05) is 0 Å². The molecule has 2 aromatic carbocycles. The lowest BCUT2D eigenvalue weighted by Gasteiger charge is -2.23. The smallest absolute Gasteiger partial charge is 0.323 e. The van der Waals surface area contributed by atoms with E-state index < -0.39 is 0 Å². The third kappa shape index (κ3) is 8.40. The minimum Gasteiger partial charge on any atom is -0.492 e. The van der Waals surface area contributed by atoms with Gasteiger partial charge in [0.05, 0.1) is 0 Å². The minimum absolute atomic E-state index is 0.308. The van der Waals surface area contributed by atoms with Crippen LogP contribution in [-0.2, 0) is 0 Å². The van der Waals surface area contributed by atoms with Crippen LogP contribution in [0.1, 0.15) is 0 Å². The Bertz CT molecular complexity index is 733. The van der Waals surface area contributed by atoms with Gasteiger partial charge < -0.3 is 25.2 Å². The van der Waals surface area contributed by atoms with Gasteiger partial charge in [0.1, 0.15) is 12.4 Å². The molecule has 0 saturated heterocycles. The fourth-order valence-electron chi connectivity index (χ4n) is 2.60. The van der Waals surface area contributed by atoms with Crippen molar-refractivity contribution in [1.82, 2.24) is 4.90 Å². The number of hydrogen-bond donors (Lipinski definition) is 2. The van der Waals surface area contributed by atoms with Crippen LogP contribution in [0.25, 0.3) is 0 Å². The van der Waals surface area contributed by atoms with E-state index in [9.17, 15) is 4.79 Å². The van der Waals surface area contributed by atoms with E-state index in [0.29, 0.717) is 29.7 Å². The number of halogens is 2. The summed E-state index contributed by atoms with van der Waals surface area (Å²) in [6.07, 6.45) is 0. The second kappa shape index (κ2) is 12.4. The molecule has 8 heteroatoms. The number of amides is 2. The van der Waals surface area contributed by atoms with Crippen molar-refractivity contribution < 1.29 is 9.53 Å². The molecule has 0 spiro atoms. The Morgan fingerprint density at radius 1 is 0.862 bits per heavy atom. The molecule has 0 aromatic heterocycles. The van der Waals surface area contributed by atoms with Crippen molar-refractivity contribution in [3.05, 3.63) is 48.5 Å². The van der Waals surface area contributed by atoms with Gasteiger partial charge >= 0.3 is 6.03 Å². The Morgan fingerprint density at radius 2 is 1.38 bits per heavy atom. The normalized spacial score (nSPS) is 10.7. The number of hydrogen-bond acceptors (Lipinski definition) is 4. The molecular weight excluding hydrogens is 411 g/mol. The van der Waals surface area contributed by atoms with Gasteiger partial charge in [0.25, 0.3) is 0 Å². The number of alkyl halides is 2. The summed E-state index contributed by atoms with van der Waals surface area (Å²) in [6.45, 7) is 2.90. The zero-order chi connectivity index (χ0) is 21.1. The fourth-order valence-corrected chi connectivity index (χ4v) is 3.01. The lowest BCUT2D eigenvalue weighted by molar-refractivity contribution is 0.261. The molecule has 0 fully saturated rings. The molecule has 2 N–H and O–H groups in total. The average Bonchev–Trinajstić information content (AvgIpc) is 2.69. The van der Waals surface area contributed by atoms with E-state index in [0.717, 1.165) is 31.1 Å². The topological polar surface area (TPSA) is 56.8 Å². The number of anilines is 3. The summed E-state index contributed by atoms with van der Waals surface area (Å²) in [6, 6.07) is 14.6. The minimum atomic E-state index is -0.308. The monoisotopic (exact) mass is 438 g/mol. The number of carbonyl (C=O) groups is 1. The summed E-state index contributed by atoms with van der Waals surface area (Å²) in [5.74, 6) is 1.82. The van der Waals surface area contributed by atoms with E-state index in [-0.39, 0.29) is 6.03 Å². The predicted molar refractivity (Wildman–Crippen MR) is 123 cm³/mol. The molecule has 6 nitrogen and oxygen atoms in total. The number of ether oxygens (including phenoxy) is 1. The molecule has 0 aliphatic carbocycles. The lowest BCUT2D eigenvalue weighted by Crippen LogP contribution is -2.27. The molecule has 0 saturated carbocycles. The third-order valence-electron chi connectivity index (χ3n) is 4.12. The van der Waals surface area contributed by atoms with Crippen LogP contribution in [-0.4, -0.2) is 63.0 Å². The van der Waals surface area contributed by atoms with Crippen molar-refractivity contribution in [3.63, 3.8) is 0 Å². The summed E-state index contributed by atoms with van der Waals surface area (Å²) in [5, 5.41) is 5.64. The second-order valence-corrected chi connectivity index (χ2v) is 7.42. The number of carbonyl (C=O) groups excluding carboxylic acids is 1. The molecule has 158 valence electrons. The number of urea groups is 1. The van der Waals surface area contributed by atoms with Gasteiger partial charge in [0.15, 0.2) is 0 Å². The van der Waals surface area contributed by atoms with Crippen molar-refractivity contribution in [1.29, 1.82) is 0 Å². The van der Waals surface area contributed by atoms with Crippen molar-refractivity contribution >= 4 is 46.3 Å². The lowest BCUT2D eigenvalue weighted by atomic mass is 10.2. The predicted octanol–water partition coefficient (Wildman–Crippen LogP) is 4.56. The summed E-state index contributed by atoms with van der Waals surface area (Å²) in [7, 11) is 4.00. The van der Waals surface area contributed by atoms with Crippen LogP contribution in [0, 0.1) is 0 Å². The molecule has 0 unspecified atom stereocenters. The molecule has 0 atom stereocenters. The molecular formula is C21H28Cl2N4O2. The van der Waals surface area contributed by atoms with E-state index in [1.165, 1.54) is 0 Å². The van der Waals surface area contributed by atoms with E-state index in [4.69, 9.17) is 27.9 Å². The molecule has 0 radical (unpaired) electrons. The van der Waals surface area contributed by atoms with Gasteiger partial charge in [-0.3, -0.25) is 0 Å². The van der Waals surface area contributed by atoms with Gasteiger partial charge in [-0.05, 0) is 62.6 Å². The number of nitrogens with one attached hydrogen (secondary N) is 2. The Labute approximate surface area is 182 Å². The standard InChI is InChI=1S/C21H28Cl2N4O2/c1-26(2)15-16-29-20-9-5-18(6-10-20)25-21(28)24-17-3-7-19(8-4-17)27(13-11-22)14-12-23/h3-10H,11-16H2,1-2H3,(H2,24,25,28). The van der Waals surface area contributed by atoms with E-state index >= 15 is 0 Å². The number of benzene rings is 2. The number of nitrogens with zero attached hydrogens (tertiary/aromatic N) is 2. The Morgan fingerprint density at radius 3 is 1.86 bits per heavy atom. The first-order valence-corrected chi connectivity index (χ1v) is 10.5. The van der Waals surface area contributed by atoms with Crippen LogP contribution in [0.2, 0.25) is 0 Å². The summed E-state index contributed by atoms with van der Waals surface area (Å²) >= 11 is 11.7. The Balaban J connectivity index is 1.85.